The fraction of sp³-hybridized carbons (Fsp3) is 0. The van der Waals surface area contributed by atoms with Gasteiger partial charge in [0.05, 0.1) is 33.3 Å². The molecule has 0 aliphatic rings. The van der Waals surface area contributed by atoms with Crippen LogP contribution in [-0.2, 0) is 0 Å². The van der Waals surface area contributed by atoms with Gasteiger partial charge in [0, 0.05) is 38.8 Å². The molecule has 0 saturated heterocycles. The molecule has 42 heavy (non-hydrogen) atoms. The normalized spacial score (nSPS) is 11.8. The Hall–Kier alpha value is -5.67. The molecule has 0 aliphatic heterocycles. The minimum Gasteiger partial charge on any atom is -0.309 e. The number of aromatic nitrogens is 3. The Balaban J connectivity index is 1.28. The van der Waals surface area contributed by atoms with E-state index in [9.17, 15) is 0 Å². The van der Waals surface area contributed by atoms with E-state index in [0.29, 0.717) is 0 Å². The highest BCUT2D eigenvalue weighted by Gasteiger charge is 2.17. The summed E-state index contributed by atoms with van der Waals surface area (Å²) in [5.41, 5.74) is 10.5. The van der Waals surface area contributed by atoms with Crippen LogP contribution in [0.25, 0.3) is 77.0 Å². The van der Waals surface area contributed by atoms with Crippen LogP contribution in [0.3, 0.4) is 0 Å². The van der Waals surface area contributed by atoms with Crippen molar-refractivity contribution < 1.29 is 0 Å². The Morgan fingerprint density at radius 3 is 1.69 bits per heavy atom. The maximum absolute atomic E-state index is 4.77. The summed E-state index contributed by atoms with van der Waals surface area (Å²) in [6.07, 6.45) is 1.88. The largest absolute Gasteiger partial charge is 0.309 e. The third-order valence-corrected chi connectivity index (χ3v) is 8.55. The predicted molar refractivity (Wildman–Crippen MR) is 176 cm³/mol. The van der Waals surface area contributed by atoms with E-state index in [-0.39, 0.29) is 0 Å². The summed E-state index contributed by atoms with van der Waals surface area (Å²) in [7, 11) is 0. The number of fused-ring (bicyclic) bond motifs is 7. The van der Waals surface area contributed by atoms with Gasteiger partial charge in [-0.3, -0.25) is 4.98 Å². The highest BCUT2D eigenvalue weighted by Crippen LogP contribution is 2.38. The van der Waals surface area contributed by atoms with Crippen LogP contribution in [-0.4, -0.2) is 14.1 Å². The maximum atomic E-state index is 4.77. The molecule has 0 aliphatic carbocycles. The summed E-state index contributed by atoms with van der Waals surface area (Å²) in [5.74, 6) is 0. The summed E-state index contributed by atoms with van der Waals surface area (Å²) in [6, 6.07) is 52.3. The van der Waals surface area contributed by atoms with E-state index in [1.54, 1.807) is 0 Å². The van der Waals surface area contributed by atoms with Crippen molar-refractivity contribution in [1.82, 2.24) is 14.1 Å². The minimum atomic E-state index is 1.01. The Bertz CT molecular complexity index is 2460. The average Bonchev–Trinajstić information content (AvgIpc) is 3.57. The van der Waals surface area contributed by atoms with Crippen LogP contribution in [0.2, 0.25) is 0 Å². The second kappa shape index (κ2) is 8.92. The third-order valence-electron chi connectivity index (χ3n) is 8.55. The molecule has 9 aromatic rings. The number of para-hydroxylation sites is 4. The number of benzene rings is 6. The lowest BCUT2D eigenvalue weighted by molar-refractivity contribution is 1.18. The van der Waals surface area contributed by atoms with Gasteiger partial charge in [-0.15, -0.1) is 0 Å². The van der Waals surface area contributed by atoms with Gasteiger partial charge in [-0.05, 0) is 71.8 Å². The molecule has 0 spiro atoms. The number of rotatable bonds is 3. The molecule has 0 unspecified atom stereocenters. The molecule has 3 heteroatoms. The van der Waals surface area contributed by atoms with Crippen LogP contribution >= 0.6 is 0 Å². The first-order valence-electron chi connectivity index (χ1n) is 14.3. The maximum Gasteiger partial charge on any atom is 0.0942 e. The topological polar surface area (TPSA) is 22.8 Å². The smallest absolute Gasteiger partial charge is 0.0942 e. The van der Waals surface area contributed by atoms with Crippen molar-refractivity contribution in [3.8, 4) is 22.5 Å². The SMILES string of the molecule is c1ccc(-n2c3ccccc3c3cc(-c4ccc5c(c4)c4ccccc4n5-c4cccc5cccnc45)ccc32)cc1. The number of nitrogens with zero attached hydrogens (tertiary/aromatic N) is 3. The monoisotopic (exact) mass is 535 g/mol. The molecule has 0 atom stereocenters. The minimum absolute atomic E-state index is 1.01. The summed E-state index contributed by atoms with van der Waals surface area (Å²) in [6.45, 7) is 0. The number of pyridine rings is 1. The van der Waals surface area contributed by atoms with Crippen LogP contribution in [0, 0.1) is 0 Å². The lowest BCUT2D eigenvalue weighted by Crippen LogP contribution is -1.96. The van der Waals surface area contributed by atoms with Gasteiger partial charge in [0.2, 0.25) is 0 Å². The molecule has 3 nitrogen and oxygen atoms in total. The molecule has 0 bridgehead atoms. The zero-order valence-electron chi connectivity index (χ0n) is 22.8. The van der Waals surface area contributed by atoms with E-state index >= 15 is 0 Å². The molecular weight excluding hydrogens is 510 g/mol. The predicted octanol–water partition coefficient (Wildman–Crippen LogP) is 10.1. The summed E-state index contributed by atoms with van der Waals surface area (Å²) >= 11 is 0. The van der Waals surface area contributed by atoms with E-state index in [4.69, 9.17) is 4.98 Å². The van der Waals surface area contributed by atoms with Gasteiger partial charge >= 0.3 is 0 Å². The van der Waals surface area contributed by atoms with Crippen molar-refractivity contribution in [3.63, 3.8) is 0 Å². The van der Waals surface area contributed by atoms with Crippen LogP contribution in [0.5, 0.6) is 0 Å². The Morgan fingerprint density at radius 2 is 0.976 bits per heavy atom. The Morgan fingerprint density at radius 1 is 0.405 bits per heavy atom. The van der Waals surface area contributed by atoms with Crippen molar-refractivity contribution in [3.05, 3.63) is 152 Å². The van der Waals surface area contributed by atoms with E-state index in [1.807, 2.05) is 12.3 Å². The van der Waals surface area contributed by atoms with Crippen molar-refractivity contribution in [2.75, 3.05) is 0 Å². The van der Waals surface area contributed by atoms with E-state index in [2.05, 4.69) is 149 Å². The molecule has 196 valence electrons. The molecule has 3 heterocycles. The highest BCUT2D eigenvalue weighted by atomic mass is 15.0. The second-order valence-corrected chi connectivity index (χ2v) is 10.9. The van der Waals surface area contributed by atoms with Crippen molar-refractivity contribution in [1.29, 1.82) is 0 Å². The van der Waals surface area contributed by atoms with Crippen LogP contribution in [0.15, 0.2) is 152 Å². The van der Waals surface area contributed by atoms with Gasteiger partial charge in [0.1, 0.15) is 0 Å². The van der Waals surface area contributed by atoms with Crippen molar-refractivity contribution in [2.24, 2.45) is 0 Å². The fourth-order valence-corrected chi connectivity index (χ4v) is 6.69. The number of hydrogen-bond donors (Lipinski definition) is 0. The zero-order chi connectivity index (χ0) is 27.6. The standard InChI is InChI=1S/C39H25N3/c1-2-12-29(13-3-1)41-34-16-6-4-14-30(34)32-24-27(19-21-36(32)41)28-20-22-37-33(25-28)31-15-5-7-17-35(31)42(37)38-18-8-10-26-11-9-23-40-39(26)38/h1-25H. The zero-order valence-corrected chi connectivity index (χ0v) is 22.8. The average molecular weight is 536 g/mol. The lowest BCUT2D eigenvalue weighted by Gasteiger charge is -2.11. The van der Waals surface area contributed by atoms with Crippen LogP contribution in [0.1, 0.15) is 0 Å². The van der Waals surface area contributed by atoms with E-state index in [0.717, 1.165) is 16.6 Å². The van der Waals surface area contributed by atoms with Gasteiger partial charge in [-0.2, -0.15) is 0 Å². The molecule has 3 aromatic heterocycles. The fourth-order valence-electron chi connectivity index (χ4n) is 6.69. The van der Waals surface area contributed by atoms with Crippen LogP contribution < -0.4 is 0 Å². The first-order valence-corrected chi connectivity index (χ1v) is 14.3. The first-order chi connectivity index (χ1) is 20.8. The molecule has 0 fully saturated rings. The quantitative estimate of drug-likeness (QED) is 0.221. The Labute approximate surface area is 242 Å². The lowest BCUT2D eigenvalue weighted by atomic mass is 10.0. The summed E-state index contributed by atoms with van der Waals surface area (Å²) < 4.78 is 4.73. The molecule has 0 radical (unpaired) electrons. The van der Waals surface area contributed by atoms with Gasteiger partial charge in [0.25, 0.3) is 0 Å². The van der Waals surface area contributed by atoms with Gasteiger partial charge < -0.3 is 9.13 Å². The first kappa shape index (κ1) is 23.1. The van der Waals surface area contributed by atoms with E-state index < -0.39 is 0 Å². The molecule has 0 saturated carbocycles. The number of hydrogen-bond acceptors (Lipinski definition) is 1. The van der Waals surface area contributed by atoms with Gasteiger partial charge in [-0.1, -0.05) is 84.9 Å². The molecule has 6 aromatic carbocycles. The molecule has 0 amide bonds. The highest BCUT2D eigenvalue weighted by molar-refractivity contribution is 6.13. The molecular formula is C39H25N3. The van der Waals surface area contributed by atoms with Crippen LogP contribution in [0.4, 0.5) is 0 Å². The Kier molecular flexibility index (Phi) is 4.90. The summed E-state index contributed by atoms with van der Waals surface area (Å²) in [5, 5.41) is 6.14. The van der Waals surface area contributed by atoms with Gasteiger partial charge in [-0.25, -0.2) is 0 Å². The van der Waals surface area contributed by atoms with Crippen molar-refractivity contribution in [2.45, 2.75) is 0 Å². The third kappa shape index (κ3) is 3.31. The van der Waals surface area contributed by atoms with Crippen molar-refractivity contribution >= 4 is 54.5 Å². The molecule has 9 rings (SSSR count). The molecule has 0 N–H and O–H groups in total. The summed E-state index contributed by atoms with van der Waals surface area (Å²) in [4.78, 5) is 4.77. The second-order valence-electron chi connectivity index (χ2n) is 10.9. The van der Waals surface area contributed by atoms with Gasteiger partial charge in [0.15, 0.2) is 0 Å². The van der Waals surface area contributed by atoms with E-state index in [1.165, 1.54) is 60.4 Å².